The fraction of sp³-hybridized carbons (Fsp3) is 0.500. The Morgan fingerprint density at radius 3 is 2.17 bits per heavy atom. The van der Waals surface area contributed by atoms with Gasteiger partial charge >= 0.3 is 0 Å². The van der Waals surface area contributed by atoms with Crippen LogP contribution in [-0.4, -0.2) is 57.4 Å². The van der Waals surface area contributed by atoms with E-state index < -0.39 is 25.8 Å². The molecule has 30 heavy (non-hydrogen) atoms. The Labute approximate surface area is 182 Å². The molecule has 4 rings (SSSR count). The summed E-state index contributed by atoms with van der Waals surface area (Å²) in [5.41, 5.74) is 1.45. The summed E-state index contributed by atoms with van der Waals surface area (Å²) in [5.74, 6) is 0. The molecule has 2 aliphatic rings. The van der Waals surface area contributed by atoms with Crippen molar-refractivity contribution in [2.45, 2.75) is 48.4 Å². The lowest BCUT2D eigenvalue weighted by Gasteiger charge is -2.42. The molecule has 0 radical (unpaired) electrons. The Morgan fingerprint density at radius 2 is 1.60 bits per heavy atom. The molecule has 164 valence electrons. The first-order valence-corrected chi connectivity index (χ1v) is 13.6. The number of piperidine rings is 1. The lowest BCUT2D eigenvalue weighted by Crippen LogP contribution is -2.55. The van der Waals surface area contributed by atoms with E-state index in [1.54, 1.807) is 17.5 Å². The van der Waals surface area contributed by atoms with E-state index in [9.17, 15) is 16.8 Å². The number of hydrogen-bond donors (Lipinski definition) is 0. The third-order valence-electron chi connectivity index (χ3n) is 5.87. The molecule has 0 unspecified atom stereocenters. The van der Waals surface area contributed by atoms with Gasteiger partial charge in [-0.2, -0.15) is 8.61 Å². The zero-order valence-electron chi connectivity index (χ0n) is 17.3. The summed E-state index contributed by atoms with van der Waals surface area (Å²) in [4.78, 5) is 0.326. The van der Waals surface area contributed by atoms with Gasteiger partial charge in [0.2, 0.25) is 10.0 Å². The van der Waals surface area contributed by atoms with Crippen molar-refractivity contribution < 1.29 is 21.6 Å². The number of rotatable bonds is 4. The second kappa shape index (κ2) is 7.68. The van der Waals surface area contributed by atoms with Crippen LogP contribution in [0.25, 0.3) is 0 Å². The summed E-state index contributed by atoms with van der Waals surface area (Å²) in [7, 11) is -7.34. The van der Waals surface area contributed by atoms with Crippen molar-refractivity contribution in [3.8, 4) is 0 Å². The highest BCUT2D eigenvalue weighted by molar-refractivity contribution is 7.91. The van der Waals surface area contributed by atoms with Crippen molar-refractivity contribution in [1.82, 2.24) is 8.61 Å². The molecule has 2 aliphatic heterocycles. The summed E-state index contributed by atoms with van der Waals surface area (Å²) < 4.78 is 62.1. The monoisotopic (exact) mass is 470 g/mol. The summed E-state index contributed by atoms with van der Waals surface area (Å²) >= 11 is 1.19. The predicted molar refractivity (Wildman–Crippen MR) is 116 cm³/mol. The van der Waals surface area contributed by atoms with Gasteiger partial charge in [0, 0.05) is 32.5 Å². The molecule has 2 fully saturated rings. The van der Waals surface area contributed by atoms with E-state index in [4.69, 9.17) is 4.74 Å². The van der Waals surface area contributed by atoms with Crippen molar-refractivity contribution >= 4 is 31.4 Å². The number of nitrogens with zero attached hydrogens (tertiary/aromatic N) is 2. The van der Waals surface area contributed by atoms with Crippen molar-refractivity contribution in [3.05, 3.63) is 46.3 Å². The van der Waals surface area contributed by atoms with Crippen LogP contribution in [0.4, 0.5) is 0 Å². The lowest BCUT2D eigenvalue weighted by atomic mass is 10.0. The maximum Gasteiger partial charge on any atom is 0.252 e. The maximum absolute atomic E-state index is 13.6. The molecule has 7 nitrogen and oxygen atoms in total. The van der Waals surface area contributed by atoms with Crippen LogP contribution in [0, 0.1) is 20.8 Å². The largest absolute Gasteiger partial charge is 0.358 e. The highest BCUT2D eigenvalue weighted by Gasteiger charge is 2.52. The molecule has 0 bridgehead atoms. The molecule has 0 atom stereocenters. The number of ether oxygens (including phenoxy) is 1. The summed E-state index contributed by atoms with van der Waals surface area (Å²) in [6.07, 6.45) is 0.613. The van der Waals surface area contributed by atoms with Gasteiger partial charge < -0.3 is 4.74 Å². The van der Waals surface area contributed by atoms with Crippen LogP contribution in [0.2, 0.25) is 0 Å². The van der Waals surface area contributed by atoms with Crippen LogP contribution < -0.4 is 0 Å². The third-order valence-corrected chi connectivity index (χ3v) is 11.4. The number of benzene rings is 1. The first-order chi connectivity index (χ1) is 14.1. The fourth-order valence-corrected chi connectivity index (χ4v) is 9.35. The highest BCUT2D eigenvalue weighted by atomic mass is 32.2. The van der Waals surface area contributed by atoms with Gasteiger partial charge in [-0.25, -0.2) is 16.8 Å². The molecule has 0 amide bonds. The van der Waals surface area contributed by atoms with Gasteiger partial charge in [0.05, 0.1) is 11.5 Å². The first-order valence-electron chi connectivity index (χ1n) is 9.86. The van der Waals surface area contributed by atoms with Gasteiger partial charge in [-0.05, 0) is 43.3 Å². The number of thiophene rings is 1. The molecule has 0 saturated carbocycles. The van der Waals surface area contributed by atoms with E-state index >= 15 is 0 Å². The number of hydrogen-bond acceptors (Lipinski definition) is 6. The second-order valence-corrected chi connectivity index (χ2v) is 12.8. The van der Waals surface area contributed by atoms with Crippen LogP contribution in [-0.2, 0) is 24.8 Å². The third kappa shape index (κ3) is 3.53. The Hall–Kier alpha value is -1.30. The maximum atomic E-state index is 13.6. The second-order valence-electron chi connectivity index (χ2n) is 7.94. The Kier molecular flexibility index (Phi) is 5.61. The molecule has 1 aromatic carbocycles. The van der Waals surface area contributed by atoms with Crippen LogP contribution in [0.5, 0.6) is 0 Å². The van der Waals surface area contributed by atoms with Crippen LogP contribution >= 0.6 is 11.3 Å². The van der Waals surface area contributed by atoms with Crippen molar-refractivity contribution in [2.24, 2.45) is 0 Å². The zero-order chi connectivity index (χ0) is 21.7. The number of sulfonamides is 2. The Morgan fingerprint density at radius 1 is 0.967 bits per heavy atom. The molecule has 0 N–H and O–H groups in total. The van der Waals surface area contributed by atoms with Gasteiger partial charge in [0.1, 0.15) is 9.93 Å². The fourth-order valence-electron chi connectivity index (χ4n) is 4.62. The molecular formula is C20H26N2O5S3. The van der Waals surface area contributed by atoms with Gasteiger partial charge in [0.25, 0.3) is 10.0 Å². The van der Waals surface area contributed by atoms with E-state index in [2.05, 4.69) is 0 Å². The Bertz CT molecular complexity index is 1130. The van der Waals surface area contributed by atoms with E-state index in [0.29, 0.717) is 39.7 Å². The Balaban J connectivity index is 1.62. The van der Waals surface area contributed by atoms with Crippen molar-refractivity contribution in [2.75, 3.05) is 26.2 Å². The topological polar surface area (TPSA) is 84.0 Å². The van der Waals surface area contributed by atoms with Crippen molar-refractivity contribution in [1.29, 1.82) is 0 Å². The van der Waals surface area contributed by atoms with E-state index in [1.807, 2.05) is 32.9 Å². The molecule has 10 heteroatoms. The smallest absolute Gasteiger partial charge is 0.252 e. The molecule has 0 aliphatic carbocycles. The average Bonchev–Trinajstić information content (AvgIpc) is 3.32. The lowest BCUT2D eigenvalue weighted by molar-refractivity contribution is -0.0806. The molecule has 3 heterocycles. The van der Waals surface area contributed by atoms with E-state index in [1.165, 1.54) is 19.9 Å². The van der Waals surface area contributed by atoms with Gasteiger partial charge in [-0.1, -0.05) is 23.8 Å². The molecule has 2 saturated heterocycles. The first kappa shape index (κ1) is 21.9. The van der Waals surface area contributed by atoms with Crippen molar-refractivity contribution in [3.63, 3.8) is 0 Å². The minimum Gasteiger partial charge on any atom is -0.358 e. The quantitative estimate of drug-likeness (QED) is 0.686. The minimum absolute atomic E-state index is 0.220. The molecule has 1 spiro atoms. The normalized spacial score (nSPS) is 20.8. The van der Waals surface area contributed by atoms with E-state index in [0.717, 1.165) is 5.56 Å². The SMILES string of the molecule is Cc1cc(C)c(S(=O)(=O)N2CCOC23CCN(S(=O)(=O)c2cccs2)CC3)c(C)c1. The summed E-state index contributed by atoms with van der Waals surface area (Å²) in [6, 6.07) is 7.05. The minimum atomic E-state index is -3.78. The molecular weight excluding hydrogens is 444 g/mol. The van der Waals surface area contributed by atoms with Gasteiger partial charge in [0.15, 0.2) is 0 Å². The summed E-state index contributed by atoms with van der Waals surface area (Å²) in [5, 5.41) is 1.74. The molecule has 2 aromatic rings. The summed E-state index contributed by atoms with van der Waals surface area (Å²) in [6.45, 7) is 6.59. The highest BCUT2D eigenvalue weighted by Crippen LogP contribution is 2.40. The van der Waals surface area contributed by atoms with E-state index in [-0.39, 0.29) is 19.6 Å². The van der Waals surface area contributed by atoms with Crippen LogP contribution in [0.15, 0.2) is 38.8 Å². The standard InChI is InChI=1S/C20H26N2O5S3/c1-15-13-16(2)19(17(3)14-15)30(25,26)22-10-11-27-20(22)6-8-21(9-7-20)29(23,24)18-5-4-12-28-18/h4-5,12-14H,6-11H2,1-3H3. The predicted octanol–water partition coefficient (Wildman–Crippen LogP) is 2.88. The van der Waals surface area contributed by atoms with Crippen LogP contribution in [0.3, 0.4) is 0 Å². The van der Waals surface area contributed by atoms with Gasteiger partial charge in [-0.15, -0.1) is 11.3 Å². The number of aryl methyl sites for hydroxylation is 3. The zero-order valence-corrected chi connectivity index (χ0v) is 19.7. The molecule has 1 aromatic heterocycles. The average molecular weight is 471 g/mol. The van der Waals surface area contributed by atoms with Crippen LogP contribution in [0.1, 0.15) is 29.5 Å². The van der Waals surface area contributed by atoms with Gasteiger partial charge in [-0.3, -0.25) is 0 Å².